The number of para-hydroxylation sites is 1. The number of benzene rings is 3. The second-order valence-electron chi connectivity index (χ2n) is 8.92. The molecule has 0 radical (unpaired) electrons. The Kier molecular flexibility index (Phi) is 8.62. The maximum atomic E-state index is 11.4. The summed E-state index contributed by atoms with van der Waals surface area (Å²) < 4.78 is 5.97. The van der Waals surface area contributed by atoms with Crippen LogP contribution in [0.4, 0.5) is 11.4 Å². The molecular weight excluding hydrogens is 574 g/mol. The summed E-state index contributed by atoms with van der Waals surface area (Å²) in [6, 6.07) is 23.1. The number of carboxylic acid groups (broad SMARTS) is 1. The standard InChI is InChI=1S/C28H26ClN3O3S.BrH/c1-19-6-2-3-7-24(19)30-26-28(16-4-5-17-28)32(27(31-26)36-18-25(33)34)21-10-14-23(15-11-21)35-22-12-8-20(29)9-13-22;/h2-3,6-15H,4-5,16-18H2,1H3,(H,33,34);1H. The van der Waals surface area contributed by atoms with Gasteiger partial charge in [-0.05, 0) is 79.9 Å². The average molecular weight is 601 g/mol. The van der Waals surface area contributed by atoms with Gasteiger partial charge in [-0.15, -0.1) is 17.0 Å². The lowest BCUT2D eigenvalue weighted by molar-refractivity contribution is -0.133. The molecule has 192 valence electrons. The van der Waals surface area contributed by atoms with Gasteiger partial charge in [-0.25, -0.2) is 9.98 Å². The van der Waals surface area contributed by atoms with Crippen LogP contribution >= 0.6 is 40.3 Å². The molecule has 0 unspecified atom stereocenters. The highest BCUT2D eigenvalue weighted by molar-refractivity contribution is 8.93. The van der Waals surface area contributed by atoms with Crippen LogP contribution in [0.1, 0.15) is 31.2 Å². The first-order valence-corrected chi connectivity index (χ1v) is 13.2. The molecule has 1 fully saturated rings. The Morgan fingerprint density at radius 3 is 2.30 bits per heavy atom. The third-order valence-electron chi connectivity index (χ3n) is 6.48. The summed E-state index contributed by atoms with van der Waals surface area (Å²) in [6.45, 7) is 2.04. The fraction of sp³-hybridized carbons (Fsp3) is 0.250. The summed E-state index contributed by atoms with van der Waals surface area (Å²) in [5.74, 6) is 1.21. The Balaban J connectivity index is 0.00000320. The van der Waals surface area contributed by atoms with Crippen molar-refractivity contribution < 1.29 is 14.6 Å². The fourth-order valence-electron chi connectivity index (χ4n) is 4.75. The minimum absolute atomic E-state index is 0. The van der Waals surface area contributed by atoms with Crippen LogP contribution in [0, 0.1) is 6.92 Å². The van der Waals surface area contributed by atoms with Gasteiger partial charge in [-0.1, -0.05) is 54.4 Å². The molecule has 1 aliphatic heterocycles. The number of carbonyl (C=O) groups is 1. The largest absolute Gasteiger partial charge is 0.481 e. The maximum Gasteiger partial charge on any atom is 0.313 e. The van der Waals surface area contributed by atoms with Crippen molar-refractivity contribution in [2.45, 2.75) is 38.1 Å². The number of hydrogen-bond acceptors (Lipinski definition) is 5. The van der Waals surface area contributed by atoms with Crippen LogP contribution in [-0.2, 0) is 4.79 Å². The number of halogens is 2. The Bertz CT molecular complexity index is 1320. The highest BCUT2D eigenvalue weighted by atomic mass is 79.9. The van der Waals surface area contributed by atoms with Gasteiger partial charge in [0, 0.05) is 10.7 Å². The first-order chi connectivity index (χ1) is 17.4. The van der Waals surface area contributed by atoms with E-state index in [0.29, 0.717) is 21.7 Å². The van der Waals surface area contributed by atoms with Crippen LogP contribution in [0.15, 0.2) is 82.8 Å². The molecule has 1 spiro atoms. The number of aliphatic carboxylic acids is 1. The number of carboxylic acids is 1. The predicted octanol–water partition coefficient (Wildman–Crippen LogP) is 8.06. The van der Waals surface area contributed by atoms with Crippen LogP contribution in [0.5, 0.6) is 11.5 Å². The fourth-order valence-corrected chi connectivity index (χ4v) is 5.69. The van der Waals surface area contributed by atoms with Crippen LogP contribution in [0.2, 0.25) is 5.02 Å². The van der Waals surface area contributed by atoms with Crippen molar-refractivity contribution >= 4 is 68.7 Å². The van der Waals surface area contributed by atoms with Crippen LogP contribution < -0.4 is 9.64 Å². The zero-order valence-corrected chi connectivity index (χ0v) is 23.5. The topological polar surface area (TPSA) is 74.5 Å². The van der Waals surface area contributed by atoms with Gasteiger partial charge in [0.2, 0.25) is 0 Å². The van der Waals surface area contributed by atoms with E-state index in [4.69, 9.17) is 26.3 Å². The highest BCUT2D eigenvalue weighted by Crippen LogP contribution is 2.46. The number of nitrogens with zero attached hydrogens (tertiary/aromatic N) is 3. The number of ether oxygens (including phenoxy) is 1. The number of aliphatic imine (C=N–C) groups is 2. The molecule has 3 aromatic rings. The zero-order chi connectivity index (χ0) is 25.1. The molecule has 0 saturated heterocycles. The number of amidine groups is 2. The van der Waals surface area contributed by atoms with Gasteiger partial charge in [-0.3, -0.25) is 4.79 Å². The van der Waals surface area contributed by atoms with E-state index in [9.17, 15) is 9.90 Å². The number of hydrogen-bond donors (Lipinski definition) is 1. The SMILES string of the molecule is Br.Cc1ccccc1N=C1N=C(SCC(=O)O)N(c2ccc(Oc3ccc(Cl)cc3)cc2)C12CCCC2. The predicted molar refractivity (Wildman–Crippen MR) is 158 cm³/mol. The van der Waals surface area contributed by atoms with E-state index in [1.54, 1.807) is 12.1 Å². The molecular formula is C28H27BrClN3O3S. The molecule has 0 bridgehead atoms. The first kappa shape index (κ1) is 27.2. The molecule has 9 heteroatoms. The third-order valence-corrected chi connectivity index (χ3v) is 7.65. The van der Waals surface area contributed by atoms with Gasteiger partial charge in [0.25, 0.3) is 0 Å². The van der Waals surface area contributed by atoms with Crippen LogP contribution in [-0.4, -0.2) is 33.4 Å². The van der Waals surface area contributed by atoms with Crippen molar-refractivity contribution in [2.24, 2.45) is 9.98 Å². The monoisotopic (exact) mass is 599 g/mol. The van der Waals surface area contributed by atoms with Crippen LogP contribution in [0.25, 0.3) is 0 Å². The number of rotatable bonds is 6. The molecule has 1 aliphatic carbocycles. The van der Waals surface area contributed by atoms with Crippen molar-refractivity contribution in [2.75, 3.05) is 10.7 Å². The summed E-state index contributed by atoms with van der Waals surface area (Å²) in [4.78, 5) is 23.6. The smallest absolute Gasteiger partial charge is 0.313 e. The molecule has 1 heterocycles. The second-order valence-corrected chi connectivity index (χ2v) is 10.3. The number of thioether (sulfide) groups is 1. The van der Waals surface area contributed by atoms with Crippen LogP contribution in [0.3, 0.4) is 0 Å². The molecule has 1 N–H and O–H groups in total. The van der Waals surface area contributed by atoms with Gasteiger partial charge < -0.3 is 14.7 Å². The van der Waals surface area contributed by atoms with E-state index in [0.717, 1.165) is 48.5 Å². The molecule has 0 amide bonds. The Morgan fingerprint density at radius 2 is 1.68 bits per heavy atom. The average Bonchev–Trinajstić information content (AvgIpc) is 3.47. The molecule has 5 rings (SSSR count). The van der Waals surface area contributed by atoms with Crippen molar-refractivity contribution in [3.05, 3.63) is 83.4 Å². The Labute approximate surface area is 236 Å². The van der Waals surface area contributed by atoms with Gasteiger partial charge in [0.05, 0.1) is 11.4 Å². The third kappa shape index (κ3) is 5.87. The van der Waals surface area contributed by atoms with E-state index in [1.807, 2.05) is 67.6 Å². The maximum absolute atomic E-state index is 11.4. The van der Waals surface area contributed by atoms with Gasteiger partial charge in [0.15, 0.2) is 11.0 Å². The van der Waals surface area contributed by atoms with E-state index in [2.05, 4.69) is 4.90 Å². The lowest BCUT2D eigenvalue weighted by Crippen LogP contribution is -2.49. The summed E-state index contributed by atoms with van der Waals surface area (Å²) >= 11 is 7.21. The lowest BCUT2D eigenvalue weighted by Gasteiger charge is -2.36. The number of anilines is 1. The van der Waals surface area contributed by atoms with E-state index in [1.165, 1.54) is 11.8 Å². The summed E-state index contributed by atoms with van der Waals surface area (Å²) in [6.07, 6.45) is 3.93. The molecule has 37 heavy (non-hydrogen) atoms. The Morgan fingerprint density at radius 1 is 1.05 bits per heavy atom. The molecule has 1 saturated carbocycles. The molecule has 3 aromatic carbocycles. The molecule has 0 atom stereocenters. The summed E-state index contributed by atoms with van der Waals surface area (Å²) in [5.41, 5.74) is 2.50. The quantitative estimate of drug-likeness (QED) is 0.310. The zero-order valence-electron chi connectivity index (χ0n) is 20.3. The minimum atomic E-state index is -0.876. The minimum Gasteiger partial charge on any atom is -0.481 e. The Hall–Kier alpha value is -2.81. The summed E-state index contributed by atoms with van der Waals surface area (Å²) in [7, 11) is 0. The molecule has 2 aliphatic rings. The van der Waals surface area contributed by atoms with Crippen molar-refractivity contribution in [3.63, 3.8) is 0 Å². The van der Waals surface area contributed by atoms with Crippen molar-refractivity contribution in [1.82, 2.24) is 0 Å². The number of aryl methyl sites for hydroxylation is 1. The van der Waals surface area contributed by atoms with Gasteiger partial charge in [0.1, 0.15) is 17.0 Å². The van der Waals surface area contributed by atoms with E-state index >= 15 is 0 Å². The lowest BCUT2D eigenvalue weighted by atomic mass is 9.94. The van der Waals surface area contributed by atoms with Crippen molar-refractivity contribution in [1.29, 1.82) is 0 Å². The molecule has 0 aromatic heterocycles. The summed E-state index contributed by atoms with van der Waals surface area (Å²) in [5, 5.41) is 10.7. The van der Waals surface area contributed by atoms with E-state index in [-0.39, 0.29) is 22.7 Å². The first-order valence-electron chi connectivity index (χ1n) is 11.9. The highest BCUT2D eigenvalue weighted by Gasteiger charge is 2.51. The van der Waals surface area contributed by atoms with Gasteiger partial charge in [-0.2, -0.15) is 0 Å². The second kappa shape index (κ2) is 11.7. The van der Waals surface area contributed by atoms with Gasteiger partial charge >= 0.3 is 5.97 Å². The van der Waals surface area contributed by atoms with Crippen molar-refractivity contribution in [3.8, 4) is 11.5 Å². The normalized spacial score (nSPS) is 17.1. The van der Waals surface area contributed by atoms with E-state index < -0.39 is 11.5 Å². The molecule has 6 nitrogen and oxygen atoms in total.